The topological polar surface area (TPSA) is 107 Å². The molecule has 0 radical (unpaired) electrons. The average molecular weight is 666 g/mol. The lowest BCUT2D eigenvalue weighted by molar-refractivity contribution is -0.183. The maximum absolute atomic E-state index is 15.2. The normalized spacial score (nSPS) is 22.1. The Hall–Kier alpha value is -2.73. The number of hydrogen-bond donors (Lipinski definition) is 2. The Morgan fingerprint density at radius 1 is 1.02 bits per heavy atom. The number of amides is 1. The molecule has 0 aromatic heterocycles. The van der Waals surface area contributed by atoms with E-state index in [0.717, 1.165) is 4.31 Å². The zero-order valence-electron chi connectivity index (χ0n) is 24.1. The summed E-state index contributed by atoms with van der Waals surface area (Å²) in [7, 11) is -3.94. The van der Waals surface area contributed by atoms with Gasteiger partial charge in [0.2, 0.25) is 10.0 Å². The molecular formula is C32H35Cl2FN2O6S. The van der Waals surface area contributed by atoms with Crippen LogP contribution in [0, 0.1) is 5.82 Å². The van der Waals surface area contributed by atoms with Crippen LogP contribution in [-0.4, -0.2) is 66.1 Å². The molecule has 2 aliphatic rings. The van der Waals surface area contributed by atoms with Gasteiger partial charge < -0.3 is 19.8 Å². The van der Waals surface area contributed by atoms with Crippen LogP contribution in [0.2, 0.25) is 10.0 Å². The number of aliphatic hydroxyl groups is 2. The third kappa shape index (κ3) is 6.90. The van der Waals surface area contributed by atoms with Gasteiger partial charge in [0, 0.05) is 16.5 Å². The molecule has 0 spiro atoms. The van der Waals surface area contributed by atoms with Crippen molar-refractivity contribution in [3.8, 4) is 0 Å². The number of halogens is 3. The summed E-state index contributed by atoms with van der Waals surface area (Å²) in [6.45, 7) is 1.05. The highest BCUT2D eigenvalue weighted by Crippen LogP contribution is 2.45. The van der Waals surface area contributed by atoms with Crippen molar-refractivity contribution < 1.29 is 32.6 Å². The van der Waals surface area contributed by atoms with Gasteiger partial charge in [-0.1, -0.05) is 66.5 Å². The van der Waals surface area contributed by atoms with Gasteiger partial charge in [0.05, 0.1) is 42.3 Å². The van der Waals surface area contributed by atoms with E-state index in [1.165, 1.54) is 18.2 Å². The van der Waals surface area contributed by atoms with E-state index in [4.69, 9.17) is 27.9 Å². The summed E-state index contributed by atoms with van der Waals surface area (Å²) in [6.07, 6.45) is -2.11. The third-order valence-electron chi connectivity index (χ3n) is 8.13. The number of hydrogen-bond acceptors (Lipinski definition) is 6. The molecule has 2 N–H and O–H groups in total. The van der Waals surface area contributed by atoms with E-state index in [1.807, 2.05) is 13.0 Å². The smallest absolute Gasteiger partial charge is 0.252 e. The molecule has 1 saturated heterocycles. The minimum atomic E-state index is -3.94. The summed E-state index contributed by atoms with van der Waals surface area (Å²) < 4.78 is 50.2. The van der Waals surface area contributed by atoms with E-state index < -0.39 is 64.0 Å². The van der Waals surface area contributed by atoms with E-state index >= 15 is 4.39 Å². The molecule has 1 aliphatic carbocycles. The van der Waals surface area contributed by atoms with Crippen molar-refractivity contribution in [3.63, 3.8) is 0 Å². The molecule has 44 heavy (non-hydrogen) atoms. The van der Waals surface area contributed by atoms with Gasteiger partial charge >= 0.3 is 0 Å². The summed E-state index contributed by atoms with van der Waals surface area (Å²) in [5.41, 5.74) is 1.25. The van der Waals surface area contributed by atoms with Crippen molar-refractivity contribution in [3.05, 3.63) is 99.8 Å². The highest BCUT2D eigenvalue weighted by Gasteiger charge is 2.49. The quantitative estimate of drug-likeness (QED) is 0.259. The summed E-state index contributed by atoms with van der Waals surface area (Å²) in [4.78, 5) is 16.0. The first-order chi connectivity index (χ1) is 21.0. The summed E-state index contributed by atoms with van der Waals surface area (Å²) in [6, 6.07) is 18.2. The lowest BCUT2D eigenvalue weighted by Gasteiger charge is -2.49. The van der Waals surface area contributed by atoms with Gasteiger partial charge in [-0.25, -0.2) is 12.8 Å². The molecule has 2 fully saturated rings. The lowest BCUT2D eigenvalue weighted by Crippen LogP contribution is -2.58. The van der Waals surface area contributed by atoms with Crippen molar-refractivity contribution in [2.75, 3.05) is 17.5 Å². The number of sulfonamides is 1. The predicted octanol–water partition coefficient (Wildman–Crippen LogP) is 5.66. The molecule has 1 amide bonds. The minimum Gasteiger partial charge on any atom is -0.394 e. The Labute approximate surface area is 267 Å². The Balaban J connectivity index is 1.65. The molecule has 3 aromatic rings. The Bertz CT molecular complexity index is 1570. The molecule has 1 heterocycles. The number of rotatable bonds is 12. The maximum atomic E-state index is 15.2. The highest BCUT2D eigenvalue weighted by molar-refractivity contribution is 7.93. The Morgan fingerprint density at radius 2 is 1.73 bits per heavy atom. The number of ether oxygens (including phenoxy) is 1. The zero-order chi connectivity index (χ0) is 31.6. The van der Waals surface area contributed by atoms with Crippen LogP contribution in [0.4, 0.5) is 10.1 Å². The van der Waals surface area contributed by atoms with E-state index in [-0.39, 0.29) is 18.7 Å². The standard InChI is InChI=1S/C32H35Cl2FN2O6S/c1-2-24(18-36(44(41,42)26-14-15-26)28-9-4-3-8-27(28)35)37-30(20-10-12-22(33)13-11-20)31(21-6-5-7-23(34)16-21)43-29(32(37)40)17-25(39)19-38/h3-13,16,24-26,29-31,38-39H,2,14-15,17-19H2,1H3. The van der Waals surface area contributed by atoms with E-state index in [1.54, 1.807) is 53.4 Å². The Kier molecular flexibility index (Phi) is 10.2. The summed E-state index contributed by atoms with van der Waals surface area (Å²) >= 11 is 12.6. The van der Waals surface area contributed by atoms with Crippen LogP contribution < -0.4 is 4.31 Å². The first-order valence-corrected chi connectivity index (χ1v) is 16.8. The number of nitrogens with zero attached hydrogens (tertiary/aromatic N) is 2. The molecule has 3 aromatic carbocycles. The summed E-state index contributed by atoms with van der Waals surface area (Å²) in [5.74, 6) is -1.17. The fourth-order valence-corrected chi connectivity index (χ4v) is 7.95. The van der Waals surface area contributed by atoms with Crippen LogP contribution in [-0.2, 0) is 19.6 Å². The number of para-hydroxylation sites is 1. The van der Waals surface area contributed by atoms with Crippen LogP contribution in [0.15, 0.2) is 72.8 Å². The van der Waals surface area contributed by atoms with Crippen molar-refractivity contribution in [2.45, 2.75) is 68.3 Å². The van der Waals surface area contributed by atoms with E-state index in [2.05, 4.69) is 0 Å². The number of carbonyl (C=O) groups excluding carboxylic acids is 1. The number of benzene rings is 3. The molecular weight excluding hydrogens is 630 g/mol. The number of carbonyl (C=O) groups is 1. The Morgan fingerprint density at radius 3 is 2.34 bits per heavy atom. The molecule has 5 atom stereocenters. The molecule has 5 rings (SSSR count). The first kappa shape index (κ1) is 32.7. The van der Waals surface area contributed by atoms with E-state index in [9.17, 15) is 23.4 Å². The number of morpholine rings is 1. The van der Waals surface area contributed by atoms with Crippen molar-refractivity contribution >= 4 is 44.8 Å². The number of anilines is 1. The van der Waals surface area contributed by atoms with Gasteiger partial charge in [-0.15, -0.1) is 0 Å². The van der Waals surface area contributed by atoms with Crippen LogP contribution in [0.1, 0.15) is 55.9 Å². The second-order valence-corrected chi connectivity index (χ2v) is 14.2. The van der Waals surface area contributed by atoms with Gasteiger partial charge in [-0.3, -0.25) is 9.10 Å². The second kappa shape index (κ2) is 13.7. The number of aliphatic hydroxyl groups excluding tert-OH is 2. The zero-order valence-corrected chi connectivity index (χ0v) is 26.4. The monoisotopic (exact) mass is 664 g/mol. The van der Waals surface area contributed by atoms with Gasteiger partial charge in [-0.2, -0.15) is 0 Å². The van der Waals surface area contributed by atoms with Crippen LogP contribution in [0.5, 0.6) is 0 Å². The predicted molar refractivity (Wildman–Crippen MR) is 168 cm³/mol. The van der Waals surface area contributed by atoms with Crippen molar-refractivity contribution in [1.82, 2.24) is 4.90 Å². The largest absolute Gasteiger partial charge is 0.394 e. The fourth-order valence-electron chi connectivity index (χ4n) is 5.73. The molecule has 5 unspecified atom stereocenters. The van der Waals surface area contributed by atoms with Gasteiger partial charge in [0.1, 0.15) is 18.0 Å². The van der Waals surface area contributed by atoms with Crippen LogP contribution >= 0.6 is 23.2 Å². The molecule has 12 heteroatoms. The molecule has 0 bridgehead atoms. The lowest BCUT2D eigenvalue weighted by atomic mass is 9.89. The van der Waals surface area contributed by atoms with Crippen LogP contribution in [0.3, 0.4) is 0 Å². The van der Waals surface area contributed by atoms with Gasteiger partial charge in [-0.05, 0) is 66.8 Å². The van der Waals surface area contributed by atoms with Crippen molar-refractivity contribution in [1.29, 1.82) is 0 Å². The molecule has 1 aliphatic heterocycles. The van der Waals surface area contributed by atoms with Gasteiger partial charge in [0.15, 0.2) is 0 Å². The maximum Gasteiger partial charge on any atom is 0.252 e. The first-order valence-electron chi connectivity index (χ1n) is 14.6. The average Bonchev–Trinajstić information content (AvgIpc) is 3.86. The SMILES string of the molecule is CCC(CN(c1ccccc1F)S(=O)(=O)C1CC1)N1C(=O)C(CC(O)CO)OC(c2cccc(Cl)c2)C1c1ccc(Cl)cc1. The summed E-state index contributed by atoms with van der Waals surface area (Å²) in [5, 5.41) is 20.3. The molecule has 236 valence electrons. The van der Waals surface area contributed by atoms with Crippen LogP contribution in [0.25, 0.3) is 0 Å². The third-order valence-corrected chi connectivity index (χ3v) is 10.9. The molecule has 8 nitrogen and oxygen atoms in total. The highest BCUT2D eigenvalue weighted by atomic mass is 35.5. The second-order valence-electron chi connectivity index (χ2n) is 11.2. The molecule has 1 saturated carbocycles. The minimum absolute atomic E-state index is 0.0831. The van der Waals surface area contributed by atoms with E-state index in [0.29, 0.717) is 40.4 Å². The fraction of sp³-hybridized carbons (Fsp3) is 0.406. The van der Waals surface area contributed by atoms with Gasteiger partial charge in [0.25, 0.3) is 5.91 Å². The van der Waals surface area contributed by atoms with Crippen molar-refractivity contribution in [2.24, 2.45) is 0 Å².